The largest absolute Gasteiger partial charge is 0.573 e. The number of aliphatic carboxylic acids is 1. The van der Waals surface area contributed by atoms with Crippen molar-refractivity contribution in [3.63, 3.8) is 0 Å². The second-order valence-corrected chi connectivity index (χ2v) is 12.8. The molecule has 1 fully saturated rings. The number of carbonyl (C=O) groups is 3. The Balaban J connectivity index is 1.63. The number of alkyl halides is 6. The van der Waals surface area contributed by atoms with Gasteiger partial charge in [0.1, 0.15) is 17.2 Å². The van der Waals surface area contributed by atoms with Crippen molar-refractivity contribution >= 4 is 29.4 Å². The number of hydrogen-bond donors (Lipinski definition) is 1. The molecule has 0 spiro atoms. The molecule has 2 aliphatic heterocycles. The van der Waals surface area contributed by atoms with Crippen molar-refractivity contribution < 1.29 is 55.3 Å². The van der Waals surface area contributed by atoms with Crippen molar-refractivity contribution in [1.82, 2.24) is 14.8 Å². The number of rotatable bonds is 10. The van der Waals surface area contributed by atoms with Gasteiger partial charge in [0.05, 0.1) is 17.6 Å². The predicted molar refractivity (Wildman–Crippen MR) is 171 cm³/mol. The molecule has 3 heterocycles. The number of halogens is 7. The Labute approximate surface area is 294 Å². The molecule has 2 amide bonds. The third-order valence-electron chi connectivity index (χ3n) is 9.07. The minimum Gasteiger partial charge on any atom is -0.481 e. The van der Waals surface area contributed by atoms with Crippen LogP contribution in [-0.2, 0) is 22.2 Å². The number of pyridine rings is 1. The fraction of sp³-hybridized carbons (Fsp3) is 0.429. The zero-order valence-corrected chi connectivity index (χ0v) is 28.0. The Morgan fingerprint density at radius 2 is 1.69 bits per heavy atom. The highest BCUT2D eigenvalue weighted by atomic mass is 35.5. The van der Waals surface area contributed by atoms with Crippen molar-refractivity contribution in [3.8, 4) is 11.5 Å². The summed E-state index contributed by atoms with van der Waals surface area (Å²) in [6.45, 7) is 1.80. The summed E-state index contributed by atoms with van der Waals surface area (Å²) in [7, 11) is 0. The van der Waals surface area contributed by atoms with Crippen LogP contribution in [0.5, 0.6) is 11.5 Å². The fourth-order valence-electron chi connectivity index (χ4n) is 7.00. The van der Waals surface area contributed by atoms with Crippen molar-refractivity contribution in [3.05, 3.63) is 88.2 Å². The number of carboxylic acid groups (broad SMARTS) is 1. The minimum absolute atomic E-state index is 0.000763. The molecule has 2 aliphatic rings. The molecule has 1 N–H and O–H groups in total. The molecule has 0 unspecified atom stereocenters. The number of hydrogen-bond acceptors (Lipinski definition) is 6. The summed E-state index contributed by atoms with van der Waals surface area (Å²) >= 11 is 6.24. The summed E-state index contributed by atoms with van der Waals surface area (Å²) < 4.78 is 91.4. The number of carbonyl (C=O) groups excluding carboxylic acids is 2. The third kappa shape index (κ3) is 8.35. The monoisotopic (exact) mass is 741 g/mol. The number of nitrogens with zero attached hydrogens (tertiary/aromatic N) is 3. The smallest absolute Gasteiger partial charge is 0.481 e. The molecule has 51 heavy (non-hydrogen) atoms. The van der Waals surface area contributed by atoms with Crippen LogP contribution in [0.15, 0.2) is 60.8 Å². The number of fused-ring (bicyclic) bond motifs is 1. The number of piperidine rings is 1. The van der Waals surface area contributed by atoms with Crippen LogP contribution in [0.2, 0.25) is 5.02 Å². The number of likely N-dealkylation sites (tertiary alicyclic amines) is 1. The van der Waals surface area contributed by atoms with E-state index in [0.29, 0.717) is 23.4 Å². The van der Waals surface area contributed by atoms with E-state index < -0.39 is 65.0 Å². The molecule has 5 rings (SSSR count). The van der Waals surface area contributed by atoms with Gasteiger partial charge in [-0.1, -0.05) is 31.0 Å². The van der Waals surface area contributed by atoms with Gasteiger partial charge in [0, 0.05) is 37.2 Å². The zero-order chi connectivity index (χ0) is 37.1. The summed E-state index contributed by atoms with van der Waals surface area (Å²) in [6, 6.07) is 9.20. The topological polar surface area (TPSA) is 109 Å². The van der Waals surface area contributed by atoms with Crippen LogP contribution in [-0.4, -0.2) is 68.8 Å². The van der Waals surface area contributed by atoms with E-state index in [0.717, 1.165) is 53.1 Å². The quantitative estimate of drug-likeness (QED) is 0.211. The molecule has 3 atom stereocenters. The summed E-state index contributed by atoms with van der Waals surface area (Å²) in [5, 5.41) is 10.0. The molecule has 274 valence electrons. The van der Waals surface area contributed by atoms with Gasteiger partial charge >= 0.3 is 18.5 Å². The van der Waals surface area contributed by atoms with E-state index in [1.807, 2.05) is 0 Å². The van der Waals surface area contributed by atoms with E-state index in [4.69, 9.17) is 16.3 Å². The molecular weight excluding hydrogens is 708 g/mol. The first-order valence-electron chi connectivity index (χ1n) is 16.2. The highest BCUT2D eigenvalue weighted by molar-refractivity contribution is 6.30. The van der Waals surface area contributed by atoms with Crippen LogP contribution >= 0.6 is 11.6 Å². The summed E-state index contributed by atoms with van der Waals surface area (Å²) in [5.41, 5.74) is -2.62. The van der Waals surface area contributed by atoms with Crippen LogP contribution in [0.25, 0.3) is 0 Å². The molecule has 3 aromatic rings. The van der Waals surface area contributed by atoms with Gasteiger partial charge in [0.25, 0.3) is 11.8 Å². The van der Waals surface area contributed by atoms with E-state index in [1.165, 1.54) is 4.90 Å². The lowest BCUT2D eigenvalue weighted by Gasteiger charge is -2.51. The van der Waals surface area contributed by atoms with Crippen molar-refractivity contribution in [2.75, 3.05) is 13.1 Å². The molecule has 0 saturated carbocycles. The Morgan fingerprint density at radius 1 is 0.980 bits per heavy atom. The average molecular weight is 742 g/mol. The summed E-state index contributed by atoms with van der Waals surface area (Å²) in [4.78, 5) is 47.4. The lowest BCUT2D eigenvalue weighted by molar-refractivity contribution is -0.274. The van der Waals surface area contributed by atoms with Gasteiger partial charge in [-0.25, -0.2) is 0 Å². The zero-order valence-electron chi connectivity index (χ0n) is 27.3. The van der Waals surface area contributed by atoms with Crippen molar-refractivity contribution in [1.29, 1.82) is 0 Å². The Kier molecular flexibility index (Phi) is 11.1. The highest BCUT2D eigenvalue weighted by Gasteiger charge is 2.57. The van der Waals surface area contributed by atoms with E-state index >= 15 is 4.79 Å². The van der Waals surface area contributed by atoms with Gasteiger partial charge in [-0.2, -0.15) is 13.2 Å². The van der Waals surface area contributed by atoms with Gasteiger partial charge in [0.15, 0.2) is 0 Å². The first-order chi connectivity index (χ1) is 24.0. The molecule has 0 bridgehead atoms. The number of carboxylic acids is 1. The predicted octanol–water partition coefficient (Wildman–Crippen LogP) is 7.87. The Bertz CT molecular complexity index is 1750. The second kappa shape index (κ2) is 15.0. The third-order valence-corrected chi connectivity index (χ3v) is 9.31. The molecule has 0 radical (unpaired) electrons. The van der Waals surface area contributed by atoms with Gasteiger partial charge in [-0.3, -0.25) is 19.4 Å². The molecular formula is C35H34ClF6N3O6. The molecule has 9 nitrogen and oxygen atoms in total. The Morgan fingerprint density at radius 3 is 2.33 bits per heavy atom. The molecule has 16 heteroatoms. The maximum Gasteiger partial charge on any atom is 0.573 e. The first kappa shape index (κ1) is 37.7. The number of ether oxygens (including phenoxy) is 2. The number of amides is 2. The van der Waals surface area contributed by atoms with Crippen molar-refractivity contribution in [2.24, 2.45) is 0 Å². The van der Waals surface area contributed by atoms with Gasteiger partial charge in [-0.15, -0.1) is 13.2 Å². The van der Waals surface area contributed by atoms with Crippen LogP contribution in [0, 0.1) is 0 Å². The second-order valence-electron chi connectivity index (χ2n) is 12.4. The molecule has 2 aromatic carbocycles. The lowest BCUT2D eigenvalue weighted by Crippen LogP contribution is -2.68. The number of aromatic nitrogens is 1. The minimum atomic E-state index is -4.98. The normalized spacial score (nSPS) is 20.8. The van der Waals surface area contributed by atoms with Crippen LogP contribution in [0.4, 0.5) is 26.3 Å². The van der Waals surface area contributed by atoms with E-state index in [1.54, 1.807) is 25.1 Å². The number of benzene rings is 2. The van der Waals surface area contributed by atoms with Gasteiger partial charge in [0.2, 0.25) is 5.60 Å². The average Bonchev–Trinajstić information content (AvgIpc) is 3.07. The summed E-state index contributed by atoms with van der Waals surface area (Å²) in [5.74, 6) is -3.45. The highest BCUT2D eigenvalue weighted by Crippen LogP contribution is 2.43. The summed E-state index contributed by atoms with van der Waals surface area (Å²) in [6.07, 6.45) is -8.31. The first-order valence-corrected chi connectivity index (χ1v) is 16.6. The molecule has 1 aromatic heterocycles. The Hall–Kier alpha value is -4.53. The SMILES string of the molecule is CCC[C@H]1N(C(=O)c2ncccc2C(F)(F)F)CCC[C@]1(Oc1ccc(OC(F)(F)F)cc1)C(=O)N1CCc2cc(Cl)ccc2[C@@H]1CCC(=O)O. The van der Waals surface area contributed by atoms with E-state index in [9.17, 15) is 41.0 Å². The van der Waals surface area contributed by atoms with Crippen LogP contribution < -0.4 is 9.47 Å². The molecule has 1 saturated heterocycles. The van der Waals surface area contributed by atoms with E-state index in [-0.39, 0.29) is 50.9 Å². The van der Waals surface area contributed by atoms with Crippen LogP contribution in [0.3, 0.4) is 0 Å². The van der Waals surface area contributed by atoms with Crippen molar-refractivity contribution in [2.45, 2.75) is 82.1 Å². The van der Waals surface area contributed by atoms with E-state index in [2.05, 4.69) is 9.72 Å². The maximum atomic E-state index is 15.2. The van der Waals surface area contributed by atoms with Gasteiger partial charge < -0.3 is 24.4 Å². The standard InChI is InChI=1S/C35H34ClF6N3O6/c1-2-5-28-33(50-23-8-10-24(11-9-23)51-35(40,41)42,16-4-18-45(28)31(48)30-26(34(37,38)39)6-3-17-43-30)32(49)44-19-15-21-20-22(36)7-12-25(21)27(44)13-14-29(46)47/h3,6-12,17,20,27-28H,2,4-5,13-16,18-19H2,1H3,(H,46,47)/t27-,28+,33+/m0/s1. The molecule has 0 aliphatic carbocycles. The maximum absolute atomic E-state index is 15.2. The van der Waals surface area contributed by atoms with Gasteiger partial charge in [-0.05, 0) is 85.3 Å². The van der Waals surface area contributed by atoms with Crippen LogP contribution in [0.1, 0.15) is 78.7 Å². The lowest BCUT2D eigenvalue weighted by atomic mass is 9.78. The fourth-order valence-corrected chi connectivity index (χ4v) is 7.20.